The molecule has 0 saturated heterocycles. The minimum absolute atomic E-state index is 0.301. The Morgan fingerprint density at radius 3 is 2.55 bits per heavy atom. The summed E-state index contributed by atoms with van der Waals surface area (Å²) in [5, 5.41) is 3.85. The molecule has 1 N–H and O–H groups in total. The van der Waals surface area contributed by atoms with Gasteiger partial charge >= 0.3 is 5.97 Å². The summed E-state index contributed by atoms with van der Waals surface area (Å²) >= 11 is 7.48. The Morgan fingerprint density at radius 1 is 1.30 bits per heavy atom. The van der Waals surface area contributed by atoms with E-state index >= 15 is 0 Å². The lowest BCUT2D eigenvalue weighted by Gasteiger charge is -2.16. The predicted octanol–water partition coefficient (Wildman–Crippen LogP) is 4.29. The van der Waals surface area contributed by atoms with E-state index in [0.29, 0.717) is 5.02 Å². The van der Waals surface area contributed by atoms with Crippen LogP contribution in [-0.2, 0) is 16.0 Å². The van der Waals surface area contributed by atoms with Crippen molar-refractivity contribution in [2.75, 3.05) is 12.4 Å². The Labute approximate surface area is 127 Å². The number of halogens is 1. The van der Waals surface area contributed by atoms with Gasteiger partial charge in [-0.3, -0.25) is 0 Å². The summed E-state index contributed by atoms with van der Waals surface area (Å²) in [4.78, 5) is 14.2. The van der Waals surface area contributed by atoms with Crippen molar-refractivity contribution in [1.29, 1.82) is 0 Å². The lowest BCUT2D eigenvalue weighted by molar-refractivity contribution is -0.141. The number of thiophene rings is 1. The van der Waals surface area contributed by atoms with Gasteiger partial charge in [0, 0.05) is 20.5 Å². The first-order valence-corrected chi connectivity index (χ1v) is 7.52. The fourth-order valence-electron chi connectivity index (χ4n) is 1.82. The maximum absolute atomic E-state index is 12.0. The molecule has 1 atom stereocenters. The van der Waals surface area contributed by atoms with Crippen LogP contribution >= 0.6 is 22.9 Å². The quantitative estimate of drug-likeness (QED) is 0.837. The first-order valence-electron chi connectivity index (χ1n) is 6.32. The van der Waals surface area contributed by atoms with Gasteiger partial charge in [0.1, 0.15) is 0 Å². The zero-order valence-electron chi connectivity index (χ0n) is 11.4. The highest BCUT2D eigenvalue weighted by Crippen LogP contribution is 2.28. The molecule has 0 radical (unpaired) electrons. The molecule has 20 heavy (non-hydrogen) atoms. The van der Waals surface area contributed by atoms with Crippen LogP contribution in [0.2, 0.25) is 5.02 Å². The standard InChI is InChI=1S/C15H16ClNO2S/c1-3-12-8-9-13(20-12)14(15(18)19-2)17-11-6-4-10(16)5-7-11/h4-9,14,17H,3H2,1-2H3. The Morgan fingerprint density at radius 2 is 2.00 bits per heavy atom. The molecule has 0 fully saturated rings. The average Bonchev–Trinajstić information content (AvgIpc) is 2.94. The molecule has 1 aromatic heterocycles. The molecule has 0 aliphatic carbocycles. The van der Waals surface area contributed by atoms with E-state index in [9.17, 15) is 4.79 Å². The number of nitrogens with one attached hydrogen (secondary N) is 1. The molecule has 0 aliphatic rings. The Hall–Kier alpha value is -1.52. The summed E-state index contributed by atoms with van der Waals surface area (Å²) in [6.45, 7) is 2.09. The minimum atomic E-state index is -0.494. The Balaban J connectivity index is 2.23. The molecule has 0 bridgehead atoms. The number of aryl methyl sites for hydroxylation is 1. The summed E-state index contributed by atoms with van der Waals surface area (Å²) < 4.78 is 4.88. The van der Waals surface area contributed by atoms with E-state index in [-0.39, 0.29) is 5.97 Å². The summed E-state index contributed by atoms with van der Waals surface area (Å²) in [5.41, 5.74) is 0.830. The normalized spacial score (nSPS) is 11.9. The van der Waals surface area contributed by atoms with Gasteiger partial charge < -0.3 is 10.1 Å². The maximum Gasteiger partial charge on any atom is 0.333 e. The zero-order chi connectivity index (χ0) is 14.5. The van der Waals surface area contributed by atoms with Gasteiger partial charge in [-0.2, -0.15) is 0 Å². The fourth-order valence-corrected chi connectivity index (χ4v) is 2.93. The van der Waals surface area contributed by atoms with Crippen LogP contribution in [0.1, 0.15) is 22.7 Å². The summed E-state index contributed by atoms with van der Waals surface area (Å²) in [6.07, 6.45) is 0.958. The molecule has 5 heteroatoms. The Bertz CT molecular complexity index is 580. The molecule has 0 saturated carbocycles. The number of esters is 1. The molecular weight excluding hydrogens is 294 g/mol. The molecule has 3 nitrogen and oxygen atoms in total. The number of hydrogen-bond acceptors (Lipinski definition) is 4. The first-order chi connectivity index (χ1) is 9.63. The van der Waals surface area contributed by atoms with Crippen molar-refractivity contribution in [3.8, 4) is 0 Å². The molecule has 106 valence electrons. The van der Waals surface area contributed by atoms with Crippen LogP contribution in [0.5, 0.6) is 0 Å². The van der Waals surface area contributed by atoms with Gasteiger partial charge in [0.25, 0.3) is 0 Å². The fraction of sp³-hybridized carbons (Fsp3) is 0.267. The molecule has 0 spiro atoms. The maximum atomic E-state index is 12.0. The van der Waals surface area contributed by atoms with Gasteiger partial charge in [-0.05, 0) is 42.8 Å². The van der Waals surface area contributed by atoms with Crippen molar-refractivity contribution in [2.45, 2.75) is 19.4 Å². The van der Waals surface area contributed by atoms with E-state index in [0.717, 1.165) is 17.0 Å². The second-order valence-electron chi connectivity index (χ2n) is 4.27. The number of carbonyl (C=O) groups is 1. The smallest absolute Gasteiger partial charge is 0.333 e. The second kappa shape index (κ2) is 6.77. The molecule has 0 aliphatic heterocycles. The summed E-state index contributed by atoms with van der Waals surface area (Å²) in [6, 6.07) is 10.8. The van der Waals surface area contributed by atoms with Crippen molar-refractivity contribution < 1.29 is 9.53 Å². The predicted molar refractivity (Wildman–Crippen MR) is 83.5 cm³/mol. The number of rotatable bonds is 5. The van der Waals surface area contributed by atoms with Gasteiger partial charge in [0.05, 0.1) is 7.11 Å². The van der Waals surface area contributed by atoms with E-state index in [1.165, 1.54) is 12.0 Å². The molecule has 1 aromatic carbocycles. The van der Waals surface area contributed by atoms with Crippen molar-refractivity contribution in [1.82, 2.24) is 0 Å². The summed E-state index contributed by atoms with van der Waals surface area (Å²) in [7, 11) is 1.40. The largest absolute Gasteiger partial charge is 0.467 e. The topological polar surface area (TPSA) is 38.3 Å². The highest BCUT2D eigenvalue weighted by Gasteiger charge is 2.23. The van der Waals surface area contributed by atoms with E-state index in [1.807, 2.05) is 24.3 Å². The number of carbonyl (C=O) groups excluding carboxylic acids is 1. The molecule has 1 unspecified atom stereocenters. The van der Waals surface area contributed by atoms with Crippen molar-refractivity contribution in [3.05, 3.63) is 51.2 Å². The average molecular weight is 310 g/mol. The molecule has 1 heterocycles. The third kappa shape index (κ3) is 3.52. The molecule has 2 aromatic rings. The second-order valence-corrected chi connectivity index (χ2v) is 5.90. The van der Waals surface area contributed by atoms with E-state index < -0.39 is 6.04 Å². The van der Waals surface area contributed by atoms with Crippen LogP contribution in [0, 0.1) is 0 Å². The van der Waals surface area contributed by atoms with Crippen LogP contribution in [0.4, 0.5) is 5.69 Å². The zero-order valence-corrected chi connectivity index (χ0v) is 12.9. The van der Waals surface area contributed by atoms with Gasteiger partial charge in [-0.1, -0.05) is 18.5 Å². The third-order valence-electron chi connectivity index (χ3n) is 2.91. The molecule has 0 amide bonds. The van der Waals surface area contributed by atoms with Crippen LogP contribution in [-0.4, -0.2) is 13.1 Å². The third-order valence-corrected chi connectivity index (χ3v) is 4.45. The molecule has 2 rings (SSSR count). The number of benzene rings is 1. The van der Waals surface area contributed by atoms with Crippen molar-refractivity contribution >= 4 is 34.6 Å². The van der Waals surface area contributed by atoms with Gasteiger partial charge in [0.2, 0.25) is 0 Å². The van der Waals surface area contributed by atoms with Crippen molar-refractivity contribution in [3.63, 3.8) is 0 Å². The lowest BCUT2D eigenvalue weighted by atomic mass is 10.2. The lowest BCUT2D eigenvalue weighted by Crippen LogP contribution is -2.21. The van der Waals surface area contributed by atoms with Crippen LogP contribution in [0.3, 0.4) is 0 Å². The van der Waals surface area contributed by atoms with Crippen LogP contribution in [0.25, 0.3) is 0 Å². The Kier molecular flexibility index (Phi) is 5.04. The van der Waals surface area contributed by atoms with Gasteiger partial charge in [0.15, 0.2) is 6.04 Å². The summed E-state index contributed by atoms with van der Waals surface area (Å²) in [5.74, 6) is -0.301. The number of hydrogen-bond donors (Lipinski definition) is 1. The number of anilines is 1. The van der Waals surface area contributed by atoms with E-state index in [4.69, 9.17) is 16.3 Å². The van der Waals surface area contributed by atoms with Crippen LogP contribution in [0.15, 0.2) is 36.4 Å². The first kappa shape index (κ1) is 14.9. The van der Waals surface area contributed by atoms with E-state index in [1.54, 1.807) is 23.5 Å². The monoisotopic (exact) mass is 309 g/mol. The highest BCUT2D eigenvalue weighted by molar-refractivity contribution is 7.12. The SMILES string of the molecule is CCc1ccc(C(Nc2ccc(Cl)cc2)C(=O)OC)s1. The van der Waals surface area contributed by atoms with E-state index in [2.05, 4.69) is 12.2 Å². The highest BCUT2D eigenvalue weighted by atomic mass is 35.5. The molecular formula is C15H16ClNO2S. The number of methoxy groups -OCH3 is 1. The number of ether oxygens (including phenoxy) is 1. The van der Waals surface area contributed by atoms with Crippen molar-refractivity contribution in [2.24, 2.45) is 0 Å². The van der Waals surface area contributed by atoms with Crippen LogP contribution < -0.4 is 5.32 Å². The minimum Gasteiger partial charge on any atom is -0.467 e. The van der Waals surface area contributed by atoms with Gasteiger partial charge in [-0.15, -0.1) is 11.3 Å². The van der Waals surface area contributed by atoms with Gasteiger partial charge in [-0.25, -0.2) is 4.79 Å².